The molecular formula is C15H20F3NO2. The first kappa shape index (κ1) is 16.1. The van der Waals surface area contributed by atoms with Crippen molar-refractivity contribution in [1.82, 2.24) is 4.90 Å². The van der Waals surface area contributed by atoms with Crippen molar-refractivity contribution < 1.29 is 23.0 Å². The van der Waals surface area contributed by atoms with E-state index < -0.39 is 18.2 Å². The molecule has 1 saturated heterocycles. The van der Waals surface area contributed by atoms with E-state index in [1.165, 1.54) is 0 Å². The maximum Gasteiger partial charge on any atom is 0.414 e. The summed E-state index contributed by atoms with van der Waals surface area (Å²) in [6, 6.07) is 7.65. The summed E-state index contributed by atoms with van der Waals surface area (Å²) in [5.41, 5.74) is 1.10. The Morgan fingerprint density at radius 2 is 1.81 bits per heavy atom. The van der Waals surface area contributed by atoms with Gasteiger partial charge < -0.3 is 9.84 Å². The number of hydrogen-bond acceptors (Lipinski definition) is 3. The minimum absolute atomic E-state index is 0.372. The molecule has 0 bridgehead atoms. The van der Waals surface area contributed by atoms with Gasteiger partial charge in [-0.15, -0.1) is 0 Å². The average molecular weight is 303 g/mol. The smallest absolute Gasteiger partial charge is 0.414 e. The predicted octanol–water partition coefficient (Wildman–Crippen LogP) is 2.83. The van der Waals surface area contributed by atoms with E-state index in [1.54, 1.807) is 7.11 Å². The minimum Gasteiger partial charge on any atom is -0.497 e. The second kappa shape index (κ2) is 6.66. The predicted molar refractivity (Wildman–Crippen MR) is 73.1 cm³/mol. The van der Waals surface area contributed by atoms with Crippen molar-refractivity contribution in [2.75, 3.05) is 20.2 Å². The maximum absolute atomic E-state index is 12.5. The molecule has 1 aromatic rings. The molecule has 1 N–H and O–H groups in total. The molecule has 0 aromatic heterocycles. The van der Waals surface area contributed by atoms with E-state index in [1.807, 2.05) is 24.3 Å². The van der Waals surface area contributed by atoms with Gasteiger partial charge in [0.15, 0.2) is 6.10 Å². The summed E-state index contributed by atoms with van der Waals surface area (Å²) in [4.78, 5) is 2.11. The average Bonchev–Trinajstić information content (AvgIpc) is 2.47. The summed E-state index contributed by atoms with van der Waals surface area (Å²) in [6.07, 6.45) is -5.96. The normalized spacial score (nSPS) is 19.5. The zero-order chi connectivity index (χ0) is 15.5. The third-order valence-electron chi connectivity index (χ3n) is 3.98. The van der Waals surface area contributed by atoms with Crippen molar-refractivity contribution in [1.29, 1.82) is 0 Å². The first-order valence-corrected chi connectivity index (χ1v) is 7.00. The topological polar surface area (TPSA) is 32.7 Å². The van der Waals surface area contributed by atoms with Crippen LogP contribution in [0, 0.1) is 5.92 Å². The van der Waals surface area contributed by atoms with E-state index in [9.17, 15) is 18.3 Å². The van der Waals surface area contributed by atoms with Crippen molar-refractivity contribution >= 4 is 0 Å². The Hall–Kier alpha value is -1.27. The minimum atomic E-state index is -4.51. The summed E-state index contributed by atoms with van der Waals surface area (Å²) in [7, 11) is 1.60. The van der Waals surface area contributed by atoms with Crippen molar-refractivity contribution in [3.63, 3.8) is 0 Å². The van der Waals surface area contributed by atoms with Crippen LogP contribution in [-0.4, -0.2) is 42.5 Å². The lowest BCUT2D eigenvalue weighted by molar-refractivity contribution is -0.223. The Kier molecular flexibility index (Phi) is 5.11. The Morgan fingerprint density at radius 1 is 1.24 bits per heavy atom. The number of nitrogens with zero attached hydrogens (tertiary/aromatic N) is 1. The standard InChI is InChI=1S/C15H20F3NO2/c1-21-13-4-2-11(3-5-13)10-19-8-6-12(7-9-19)14(20)15(16,17)18/h2-5,12,14,20H,6-10H2,1H3. The monoisotopic (exact) mass is 303 g/mol. The number of alkyl halides is 3. The molecule has 0 radical (unpaired) electrons. The van der Waals surface area contributed by atoms with Gasteiger partial charge in [0.1, 0.15) is 5.75 Å². The van der Waals surface area contributed by atoms with Gasteiger partial charge in [0.2, 0.25) is 0 Å². The molecule has 3 nitrogen and oxygen atoms in total. The summed E-state index contributed by atoms with van der Waals surface area (Å²) < 4.78 is 42.5. The first-order chi connectivity index (χ1) is 9.90. The van der Waals surface area contributed by atoms with E-state index in [0.29, 0.717) is 32.5 Å². The van der Waals surface area contributed by atoms with Crippen LogP contribution in [0.15, 0.2) is 24.3 Å². The fraction of sp³-hybridized carbons (Fsp3) is 0.600. The lowest BCUT2D eigenvalue weighted by Gasteiger charge is -2.34. The number of likely N-dealkylation sites (tertiary alicyclic amines) is 1. The summed E-state index contributed by atoms with van der Waals surface area (Å²) >= 11 is 0. The van der Waals surface area contributed by atoms with Gasteiger partial charge in [0.05, 0.1) is 7.11 Å². The largest absolute Gasteiger partial charge is 0.497 e. The number of methoxy groups -OCH3 is 1. The molecule has 21 heavy (non-hydrogen) atoms. The Bertz CT molecular complexity index is 439. The summed E-state index contributed by atoms with van der Waals surface area (Å²) in [5.74, 6) is 0.0999. The van der Waals surface area contributed by atoms with E-state index in [4.69, 9.17) is 4.74 Å². The fourth-order valence-corrected chi connectivity index (χ4v) is 2.68. The lowest BCUT2D eigenvalue weighted by Crippen LogP contribution is -2.43. The molecule has 1 unspecified atom stereocenters. The van der Waals surface area contributed by atoms with Gasteiger partial charge in [-0.25, -0.2) is 0 Å². The third-order valence-corrected chi connectivity index (χ3v) is 3.98. The van der Waals surface area contributed by atoms with E-state index in [0.717, 1.165) is 11.3 Å². The molecule has 2 rings (SSSR count). The quantitative estimate of drug-likeness (QED) is 0.928. The van der Waals surface area contributed by atoms with Crippen molar-refractivity contribution in [2.24, 2.45) is 5.92 Å². The van der Waals surface area contributed by atoms with Crippen LogP contribution in [0.25, 0.3) is 0 Å². The van der Waals surface area contributed by atoms with Gasteiger partial charge >= 0.3 is 6.18 Å². The zero-order valence-electron chi connectivity index (χ0n) is 11.9. The maximum atomic E-state index is 12.5. The number of aliphatic hydroxyl groups excluding tert-OH is 1. The highest BCUT2D eigenvalue weighted by molar-refractivity contribution is 5.27. The van der Waals surface area contributed by atoms with Crippen LogP contribution >= 0.6 is 0 Å². The molecule has 0 saturated carbocycles. The molecule has 1 aromatic carbocycles. The molecule has 1 aliphatic rings. The van der Waals surface area contributed by atoms with Crippen LogP contribution in [0.1, 0.15) is 18.4 Å². The van der Waals surface area contributed by atoms with Gasteiger partial charge in [-0.2, -0.15) is 13.2 Å². The molecule has 118 valence electrons. The second-order valence-electron chi connectivity index (χ2n) is 5.45. The molecular weight excluding hydrogens is 283 g/mol. The van der Waals surface area contributed by atoms with Gasteiger partial charge in [-0.05, 0) is 49.5 Å². The van der Waals surface area contributed by atoms with Gasteiger partial charge in [0, 0.05) is 6.54 Å². The molecule has 1 heterocycles. The number of benzene rings is 1. The lowest BCUT2D eigenvalue weighted by atomic mass is 9.90. The molecule has 0 amide bonds. The van der Waals surface area contributed by atoms with E-state index in [2.05, 4.69) is 4.90 Å². The molecule has 0 spiro atoms. The number of piperidine rings is 1. The second-order valence-corrected chi connectivity index (χ2v) is 5.45. The molecule has 1 aliphatic heterocycles. The Balaban J connectivity index is 1.83. The van der Waals surface area contributed by atoms with Gasteiger partial charge in [0.25, 0.3) is 0 Å². The van der Waals surface area contributed by atoms with Gasteiger partial charge in [-0.3, -0.25) is 4.90 Å². The Morgan fingerprint density at radius 3 is 2.29 bits per heavy atom. The molecule has 1 atom stereocenters. The number of hydrogen-bond donors (Lipinski definition) is 1. The highest BCUT2D eigenvalue weighted by Crippen LogP contribution is 2.31. The van der Waals surface area contributed by atoms with E-state index >= 15 is 0 Å². The zero-order valence-corrected chi connectivity index (χ0v) is 11.9. The SMILES string of the molecule is COc1ccc(CN2CCC(C(O)C(F)(F)F)CC2)cc1. The van der Waals surface area contributed by atoms with Crippen molar-refractivity contribution in [2.45, 2.75) is 31.7 Å². The van der Waals surface area contributed by atoms with Crippen LogP contribution in [0.4, 0.5) is 13.2 Å². The highest BCUT2D eigenvalue weighted by Gasteiger charge is 2.44. The molecule has 0 aliphatic carbocycles. The summed E-state index contributed by atoms with van der Waals surface area (Å²) in [6.45, 7) is 1.85. The highest BCUT2D eigenvalue weighted by atomic mass is 19.4. The van der Waals surface area contributed by atoms with Gasteiger partial charge in [-0.1, -0.05) is 12.1 Å². The fourth-order valence-electron chi connectivity index (χ4n) is 2.68. The van der Waals surface area contributed by atoms with Crippen LogP contribution in [0.2, 0.25) is 0 Å². The van der Waals surface area contributed by atoms with Crippen LogP contribution < -0.4 is 4.74 Å². The van der Waals surface area contributed by atoms with Crippen LogP contribution in [-0.2, 0) is 6.54 Å². The summed E-state index contributed by atoms with van der Waals surface area (Å²) in [5, 5.41) is 9.29. The molecule has 1 fully saturated rings. The van der Waals surface area contributed by atoms with Crippen molar-refractivity contribution in [3.8, 4) is 5.75 Å². The van der Waals surface area contributed by atoms with Crippen LogP contribution in [0.3, 0.4) is 0 Å². The number of ether oxygens (including phenoxy) is 1. The number of halogens is 3. The van der Waals surface area contributed by atoms with Crippen molar-refractivity contribution in [3.05, 3.63) is 29.8 Å². The molecule has 6 heteroatoms. The number of rotatable bonds is 4. The number of aliphatic hydroxyl groups is 1. The third kappa shape index (κ3) is 4.35. The first-order valence-electron chi connectivity index (χ1n) is 7.00. The van der Waals surface area contributed by atoms with E-state index in [-0.39, 0.29) is 0 Å². The Labute approximate surface area is 122 Å². The van der Waals surface area contributed by atoms with Crippen LogP contribution in [0.5, 0.6) is 5.75 Å².